The van der Waals surface area contributed by atoms with E-state index in [9.17, 15) is 4.79 Å². The first kappa shape index (κ1) is 11.0. The largest absolute Gasteiger partial charge is 0.476 e. The molecule has 1 atom stereocenters. The van der Waals surface area contributed by atoms with Crippen LogP contribution >= 0.6 is 0 Å². The van der Waals surface area contributed by atoms with Crippen molar-refractivity contribution in [2.75, 3.05) is 6.61 Å². The average Bonchev–Trinajstić information content (AvgIpc) is 2.87. The fraction of sp³-hybridized carbons (Fsp3) is 0.667. The number of carboxylic acids is 1. The first-order chi connectivity index (χ1) is 7.72. The molecule has 0 spiro atoms. The highest BCUT2D eigenvalue weighted by molar-refractivity contribution is 5.86. The number of aromatic nitrogens is 3. The van der Waals surface area contributed by atoms with E-state index in [-0.39, 0.29) is 18.3 Å². The SMILES string of the molecule is NCc1c(C(=O)O)nnn1CC1CCCO1. The molecule has 1 fully saturated rings. The summed E-state index contributed by atoms with van der Waals surface area (Å²) in [4.78, 5) is 10.8. The molecule has 1 aromatic rings. The number of hydrogen-bond donors (Lipinski definition) is 2. The number of carboxylic acid groups (broad SMARTS) is 1. The molecule has 0 amide bonds. The maximum absolute atomic E-state index is 10.8. The van der Waals surface area contributed by atoms with Gasteiger partial charge in [-0.05, 0) is 12.8 Å². The Bertz CT molecular complexity index is 384. The highest BCUT2D eigenvalue weighted by Gasteiger charge is 2.22. The first-order valence-electron chi connectivity index (χ1n) is 5.19. The number of aromatic carboxylic acids is 1. The first-order valence-corrected chi connectivity index (χ1v) is 5.19. The van der Waals surface area contributed by atoms with Crippen molar-refractivity contribution in [2.45, 2.75) is 32.0 Å². The molecule has 0 radical (unpaired) electrons. The summed E-state index contributed by atoms with van der Waals surface area (Å²) in [7, 11) is 0. The molecule has 7 heteroatoms. The van der Waals surface area contributed by atoms with Crippen LogP contribution in [-0.2, 0) is 17.8 Å². The highest BCUT2D eigenvalue weighted by atomic mass is 16.5. The van der Waals surface area contributed by atoms with Gasteiger partial charge >= 0.3 is 5.97 Å². The molecule has 1 saturated heterocycles. The second-order valence-corrected chi connectivity index (χ2v) is 3.71. The average molecular weight is 226 g/mol. The van der Waals surface area contributed by atoms with Gasteiger partial charge in [0.2, 0.25) is 0 Å². The van der Waals surface area contributed by atoms with Gasteiger partial charge in [-0.3, -0.25) is 0 Å². The minimum absolute atomic E-state index is 0.0690. The number of hydrogen-bond acceptors (Lipinski definition) is 5. The predicted octanol–water partition coefficient (Wildman–Crippen LogP) is -0.386. The lowest BCUT2D eigenvalue weighted by molar-refractivity contribution is 0.0688. The standard InChI is InChI=1S/C9H14N4O3/c10-4-7-8(9(14)15)11-12-13(7)5-6-2-1-3-16-6/h6H,1-5,10H2,(H,14,15). The van der Waals surface area contributed by atoms with Gasteiger partial charge in [0, 0.05) is 13.2 Å². The molecule has 1 aliphatic heterocycles. The summed E-state index contributed by atoms with van der Waals surface area (Å²) in [6.07, 6.45) is 2.09. The van der Waals surface area contributed by atoms with E-state index in [2.05, 4.69) is 10.3 Å². The number of rotatable bonds is 4. The molecule has 0 aliphatic carbocycles. The van der Waals surface area contributed by atoms with Gasteiger partial charge in [0.1, 0.15) is 0 Å². The van der Waals surface area contributed by atoms with Crippen molar-refractivity contribution in [3.63, 3.8) is 0 Å². The smallest absolute Gasteiger partial charge is 0.358 e. The van der Waals surface area contributed by atoms with Crippen LogP contribution in [0.1, 0.15) is 29.0 Å². The summed E-state index contributed by atoms with van der Waals surface area (Å²) in [5, 5.41) is 16.3. The summed E-state index contributed by atoms with van der Waals surface area (Å²) in [6, 6.07) is 0. The van der Waals surface area contributed by atoms with Gasteiger partial charge in [-0.2, -0.15) is 0 Å². The van der Waals surface area contributed by atoms with E-state index in [1.54, 1.807) is 0 Å². The van der Waals surface area contributed by atoms with Crippen molar-refractivity contribution >= 4 is 5.97 Å². The van der Waals surface area contributed by atoms with Crippen LogP contribution in [0.3, 0.4) is 0 Å². The lowest BCUT2D eigenvalue weighted by atomic mass is 10.2. The predicted molar refractivity (Wildman–Crippen MR) is 53.8 cm³/mol. The van der Waals surface area contributed by atoms with Crippen molar-refractivity contribution in [3.8, 4) is 0 Å². The van der Waals surface area contributed by atoms with Gasteiger partial charge < -0.3 is 15.6 Å². The fourth-order valence-electron chi connectivity index (χ4n) is 1.83. The lowest BCUT2D eigenvalue weighted by Gasteiger charge is -2.10. The maximum atomic E-state index is 10.8. The van der Waals surface area contributed by atoms with Gasteiger partial charge in [0.05, 0.1) is 18.3 Å². The zero-order valence-electron chi connectivity index (χ0n) is 8.80. The van der Waals surface area contributed by atoms with Crippen LogP contribution in [0.25, 0.3) is 0 Å². The van der Waals surface area contributed by atoms with Gasteiger partial charge in [-0.25, -0.2) is 9.48 Å². The summed E-state index contributed by atoms with van der Waals surface area (Å²) < 4.78 is 6.98. The Morgan fingerprint density at radius 1 is 1.69 bits per heavy atom. The molecule has 2 rings (SSSR count). The molecule has 0 bridgehead atoms. The van der Waals surface area contributed by atoms with E-state index in [0.29, 0.717) is 12.2 Å². The monoisotopic (exact) mass is 226 g/mol. The Kier molecular flexibility index (Phi) is 3.16. The normalized spacial score (nSPS) is 20.2. The number of carbonyl (C=O) groups is 1. The molecule has 3 N–H and O–H groups in total. The molecule has 2 heterocycles. The van der Waals surface area contributed by atoms with E-state index in [1.807, 2.05) is 0 Å². The summed E-state index contributed by atoms with van der Waals surface area (Å²) in [5.41, 5.74) is 5.88. The molecule has 0 saturated carbocycles. The summed E-state index contributed by atoms with van der Waals surface area (Å²) in [6.45, 7) is 1.39. The lowest BCUT2D eigenvalue weighted by Crippen LogP contribution is -2.20. The second kappa shape index (κ2) is 4.58. The molecular formula is C9H14N4O3. The Balaban J connectivity index is 2.16. The Morgan fingerprint density at radius 3 is 3.06 bits per heavy atom. The Hall–Kier alpha value is -1.47. The van der Waals surface area contributed by atoms with Crippen LogP contribution in [0.4, 0.5) is 0 Å². The van der Waals surface area contributed by atoms with Crippen LogP contribution in [-0.4, -0.2) is 38.8 Å². The molecule has 1 aromatic heterocycles. The third-order valence-corrected chi connectivity index (χ3v) is 2.63. The highest BCUT2D eigenvalue weighted by Crippen LogP contribution is 2.15. The molecule has 88 valence electrons. The van der Waals surface area contributed by atoms with Gasteiger partial charge in [0.15, 0.2) is 5.69 Å². The maximum Gasteiger partial charge on any atom is 0.358 e. The third kappa shape index (κ3) is 2.05. The number of nitrogens with zero attached hydrogens (tertiary/aromatic N) is 3. The van der Waals surface area contributed by atoms with Crippen molar-refractivity contribution in [1.29, 1.82) is 0 Å². The fourth-order valence-corrected chi connectivity index (χ4v) is 1.83. The van der Waals surface area contributed by atoms with E-state index >= 15 is 0 Å². The molecule has 0 aromatic carbocycles. The third-order valence-electron chi connectivity index (χ3n) is 2.63. The summed E-state index contributed by atoms with van der Waals surface area (Å²) in [5.74, 6) is -1.10. The van der Waals surface area contributed by atoms with Crippen molar-refractivity contribution in [2.24, 2.45) is 5.73 Å². The van der Waals surface area contributed by atoms with Crippen molar-refractivity contribution in [1.82, 2.24) is 15.0 Å². The van der Waals surface area contributed by atoms with E-state index in [4.69, 9.17) is 15.6 Å². The second-order valence-electron chi connectivity index (χ2n) is 3.71. The van der Waals surface area contributed by atoms with Gasteiger partial charge in [0.25, 0.3) is 0 Å². The number of nitrogens with two attached hydrogens (primary N) is 1. The van der Waals surface area contributed by atoms with Crippen LogP contribution in [0.5, 0.6) is 0 Å². The molecule has 1 aliphatic rings. The molecular weight excluding hydrogens is 212 g/mol. The van der Waals surface area contributed by atoms with Crippen LogP contribution < -0.4 is 5.73 Å². The minimum Gasteiger partial charge on any atom is -0.476 e. The van der Waals surface area contributed by atoms with Gasteiger partial charge in [-0.1, -0.05) is 5.21 Å². The quantitative estimate of drug-likeness (QED) is 0.725. The van der Waals surface area contributed by atoms with E-state index in [0.717, 1.165) is 19.4 Å². The minimum atomic E-state index is -1.10. The zero-order valence-corrected chi connectivity index (χ0v) is 8.80. The molecule has 7 nitrogen and oxygen atoms in total. The van der Waals surface area contributed by atoms with E-state index < -0.39 is 5.97 Å². The molecule has 1 unspecified atom stereocenters. The van der Waals surface area contributed by atoms with Crippen LogP contribution in [0.15, 0.2) is 0 Å². The Labute approximate surface area is 92.2 Å². The van der Waals surface area contributed by atoms with Crippen molar-refractivity contribution in [3.05, 3.63) is 11.4 Å². The molecule has 16 heavy (non-hydrogen) atoms. The van der Waals surface area contributed by atoms with Crippen molar-refractivity contribution < 1.29 is 14.6 Å². The van der Waals surface area contributed by atoms with Crippen LogP contribution in [0.2, 0.25) is 0 Å². The Morgan fingerprint density at radius 2 is 2.50 bits per heavy atom. The number of ether oxygens (including phenoxy) is 1. The van der Waals surface area contributed by atoms with Crippen LogP contribution in [0, 0.1) is 0 Å². The topological polar surface area (TPSA) is 103 Å². The summed E-state index contributed by atoms with van der Waals surface area (Å²) >= 11 is 0. The van der Waals surface area contributed by atoms with Gasteiger partial charge in [-0.15, -0.1) is 5.10 Å². The van der Waals surface area contributed by atoms with E-state index in [1.165, 1.54) is 4.68 Å². The zero-order chi connectivity index (χ0) is 11.5.